The van der Waals surface area contributed by atoms with Crippen molar-refractivity contribution in [2.75, 3.05) is 23.7 Å². The summed E-state index contributed by atoms with van der Waals surface area (Å²) in [5.41, 5.74) is 6.70. The fourth-order valence-electron chi connectivity index (χ4n) is 5.44. The molecule has 2 aromatic rings. The molecule has 224 valence electrons. The van der Waals surface area contributed by atoms with Crippen LogP contribution in [0, 0.1) is 0 Å². The van der Waals surface area contributed by atoms with E-state index in [1.807, 2.05) is 42.5 Å². The van der Waals surface area contributed by atoms with Crippen molar-refractivity contribution < 1.29 is 33.9 Å². The molecule has 43 heavy (non-hydrogen) atoms. The first-order valence-corrected chi connectivity index (χ1v) is 15.1. The van der Waals surface area contributed by atoms with Gasteiger partial charge in [0.1, 0.15) is 6.04 Å². The number of thioether (sulfide) groups is 1. The normalized spacial score (nSPS) is 17.7. The van der Waals surface area contributed by atoms with Crippen LogP contribution in [0.25, 0.3) is 11.1 Å². The number of nitrogens with one attached hydrogen (secondary N) is 2. The van der Waals surface area contributed by atoms with Gasteiger partial charge in [0.25, 0.3) is 0 Å². The summed E-state index contributed by atoms with van der Waals surface area (Å²) in [6.45, 7) is 1.61. The van der Waals surface area contributed by atoms with Gasteiger partial charge in [-0.05, 0) is 34.8 Å². The highest BCUT2D eigenvalue weighted by Gasteiger charge is 2.39. The number of likely N-dealkylation sites (tertiary alicyclic amines) is 1. The van der Waals surface area contributed by atoms with Gasteiger partial charge < -0.3 is 20.6 Å². The number of amides is 5. The van der Waals surface area contributed by atoms with Crippen molar-refractivity contribution in [2.45, 2.75) is 50.4 Å². The van der Waals surface area contributed by atoms with Crippen LogP contribution in [0.5, 0.6) is 0 Å². The maximum Gasteiger partial charge on any atom is 0.327 e. The van der Waals surface area contributed by atoms with E-state index in [1.54, 1.807) is 4.90 Å². The van der Waals surface area contributed by atoms with E-state index in [9.17, 15) is 33.9 Å². The molecule has 1 unspecified atom stereocenters. The fraction of sp³-hybridized carbons (Fsp3) is 0.355. The van der Waals surface area contributed by atoms with Crippen LogP contribution in [0.3, 0.4) is 0 Å². The molecule has 2 aliphatic heterocycles. The van der Waals surface area contributed by atoms with Crippen LogP contribution >= 0.6 is 11.8 Å². The van der Waals surface area contributed by atoms with Crippen LogP contribution < -0.4 is 15.5 Å². The largest absolute Gasteiger partial charge is 0.480 e. The topological polar surface area (TPSA) is 153 Å². The van der Waals surface area contributed by atoms with E-state index in [2.05, 4.69) is 16.7 Å². The maximum absolute atomic E-state index is 13.4. The van der Waals surface area contributed by atoms with Gasteiger partial charge in [0.2, 0.25) is 29.5 Å². The van der Waals surface area contributed by atoms with E-state index in [0.29, 0.717) is 6.54 Å². The monoisotopic (exact) mass is 604 g/mol. The zero-order chi connectivity index (χ0) is 30.7. The lowest BCUT2D eigenvalue weighted by atomic mass is 10.0. The van der Waals surface area contributed by atoms with Crippen molar-refractivity contribution in [3.8, 4) is 0 Å². The molecule has 2 atom stereocenters. The lowest BCUT2D eigenvalue weighted by Crippen LogP contribution is -2.42. The second-order valence-electron chi connectivity index (χ2n) is 10.6. The Labute approximate surface area is 252 Å². The number of benzene rings is 2. The number of hydrogen-bond donors (Lipinski definition) is 3. The summed E-state index contributed by atoms with van der Waals surface area (Å²) in [4.78, 5) is 76.5. The third-order valence-electron chi connectivity index (χ3n) is 7.65. The average molecular weight is 605 g/mol. The molecule has 12 heteroatoms. The molecule has 0 spiro atoms. The SMILES string of the molecule is CC(=O)N[C@@H](CSC1CC(=O)N(CCC(=O)NCCC(=O)N2Cc3ccccc3C3=C(C3)c3ccccc32)C1=O)C(=O)O. The molecule has 0 radical (unpaired) electrons. The zero-order valence-electron chi connectivity index (χ0n) is 23.6. The van der Waals surface area contributed by atoms with Crippen LogP contribution in [0.4, 0.5) is 5.69 Å². The van der Waals surface area contributed by atoms with E-state index in [0.717, 1.165) is 39.9 Å². The minimum Gasteiger partial charge on any atom is -0.480 e. The van der Waals surface area contributed by atoms with Gasteiger partial charge in [0.05, 0.1) is 17.5 Å². The zero-order valence-corrected chi connectivity index (χ0v) is 24.4. The number of para-hydroxylation sites is 1. The van der Waals surface area contributed by atoms with Gasteiger partial charge in [0, 0.05) is 50.6 Å². The number of carboxylic acid groups (broad SMARTS) is 1. The quantitative estimate of drug-likeness (QED) is 0.330. The fourth-order valence-corrected chi connectivity index (χ4v) is 6.62. The van der Waals surface area contributed by atoms with E-state index in [1.165, 1.54) is 23.6 Å². The summed E-state index contributed by atoms with van der Waals surface area (Å²) >= 11 is 0.986. The van der Waals surface area contributed by atoms with E-state index in [-0.39, 0.29) is 44.0 Å². The molecule has 1 aliphatic carbocycles. The maximum atomic E-state index is 13.4. The summed E-state index contributed by atoms with van der Waals surface area (Å²) in [6, 6.07) is 14.8. The third-order valence-corrected chi connectivity index (χ3v) is 8.95. The Morgan fingerprint density at radius 2 is 1.70 bits per heavy atom. The first-order chi connectivity index (χ1) is 20.6. The Balaban J connectivity index is 1.12. The number of hydrogen-bond acceptors (Lipinski definition) is 7. The van der Waals surface area contributed by atoms with Gasteiger partial charge >= 0.3 is 5.97 Å². The average Bonchev–Trinajstić information content (AvgIpc) is 3.71. The number of carbonyl (C=O) groups is 6. The highest BCUT2D eigenvalue weighted by molar-refractivity contribution is 8.00. The summed E-state index contributed by atoms with van der Waals surface area (Å²) in [5.74, 6) is -3.28. The molecule has 0 bridgehead atoms. The molecule has 0 saturated carbocycles. The number of carboxylic acids is 1. The predicted molar refractivity (Wildman–Crippen MR) is 161 cm³/mol. The smallest absolute Gasteiger partial charge is 0.327 e. The molecule has 1 saturated heterocycles. The summed E-state index contributed by atoms with van der Waals surface area (Å²) < 4.78 is 0. The first kappa shape index (κ1) is 30.0. The Bertz CT molecular complexity index is 1540. The number of rotatable bonds is 11. The van der Waals surface area contributed by atoms with Gasteiger partial charge in [-0.25, -0.2) is 4.79 Å². The number of aliphatic carboxylic acids is 1. The third kappa shape index (κ3) is 6.80. The van der Waals surface area contributed by atoms with Crippen LogP contribution in [0.2, 0.25) is 0 Å². The molecule has 3 aliphatic rings. The number of carbonyl (C=O) groups excluding carboxylic acids is 5. The molecule has 5 amide bonds. The number of nitrogens with zero attached hydrogens (tertiary/aromatic N) is 2. The minimum atomic E-state index is -1.23. The number of imide groups is 1. The van der Waals surface area contributed by atoms with Crippen molar-refractivity contribution >= 4 is 64.1 Å². The first-order valence-electron chi connectivity index (χ1n) is 14.1. The standard InChI is InChI=1S/C31H32N4O7S/c1-18(36)33-24(31(41)42)17-43-26-15-29(39)34(30(26)40)13-11-27(37)32-12-10-28(38)35-16-19-6-2-3-7-20(19)22-14-23(22)21-8-4-5-9-25(21)35/h2-9,24,26H,10-17H2,1H3,(H,32,37)(H,33,36)(H,41,42)/t24-,26?/m0/s1. The van der Waals surface area contributed by atoms with Gasteiger partial charge in [-0.15, -0.1) is 11.8 Å². The molecular formula is C31H32N4O7S. The second kappa shape index (κ2) is 12.8. The van der Waals surface area contributed by atoms with Crippen molar-refractivity contribution in [1.29, 1.82) is 0 Å². The van der Waals surface area contributed by atoms with Gasteiger partial charge in [-0.3, -0.25) is 28.9 Å². The molecule has 2 aromatic carbocycles. The van der Waals surface area contributed by atoms with Crippen LogP contribution in [-0.4, -0.2) is 75.6 Å². The predicted octanol–water partition coefficient (Wildman–Crippen LogP) is 2.19. The minimum absolute atomic E-state index is 0.0766. The molecule has 5 rings (SSSR count). The van der Waals surface area contributed by atoms with Crippen molar-refractivity contribution in [2.24, 2.45) is 0 Å². The molecule has 3 N–H and O–H groups in total. The highest BCUT2D eigenvalue weighted by atomic mass is 32.2. The van der Waals surface area contributed by atoms with Gasteiger partial charge in [-0.2, -0.15) is 0 Å². The number of fused-ring (bicyclic) bond motifs is 4. The molecule has 11 nitrogen and oxygen atoms in total. The van der Waals surface area contributed by atoms with Gasteiger partial charge in [-0.1, -0.05) is 42.5 Å². The Morgan fingerprint density at radius 3 is 2.44 bits per heavy atom. The van der Waals surface area contributed by atoms with Gasteiger partial charge in [0.15, 0.2) is 0 Å². The lowest BCUT2D eigenvalue weighted by molar-refractivity contribution is -0.141. The van der Waals surface area contributed by atoms with E-state index >= 15 is 0 Å². The Hall–Kier alpha value is -4.45. The van der Waals surface area contributed by atoms with E-state index < -0.39 is 40.9 Å². The van der Waals surface area contributed by atoms with E-state index in [4.69, 9.17) is 0 Å². The van der Waals surface area contributed by atoms with Crippen molar-refractivity contribution in [1.82, 2.24) is 15.5 Å². The van der Waals surface area contributed by atoms with Crippen molar-refractivity contribution in [3.63, 3.8) is 0 Å². The molecule has 1 fully saturated rings. The number of anilines is 1. The molecule has 2 heterocycles. The lowest BCUT2D eigenvalue weighted by Gasteiger charge is -2.27. The Morgan fingerprint density at radius 1 is 1.00 bits per heavy atom. The van der Waals surface area contributed by atoms with Crippen molar-refractivity contribution in [3.05, 3.63) is 65.2 Å². The van der Waals surface area contributed by atoms with Crippen LogP contribution in [0.1, 0.15) is 49.3 Å². The Kier molecular flexibility index (Phi) is 8.95. The van der Waals surface area contributed by atoms with Crippen LogP contribution in [-0.2, 0) is 35.3 Å². The highest BCUT2D eigenvalue weighted by Crippen LogP contribution is 2.52. The number of allylic oxidation sites excluding steroid dienone is 2. The molecule has 0 aromatic heterocycles. The second-order valence-corrected chi connectivity index (χ2v) is 11.9. The molecular weight excluding hydrogens is 572 g/mol. The summed E-state index contributed by atoms with van der Waals surface area (Å²) in [6.07, 6.45) is 0.745. The van der Waals surface area contributed by atoms with Crippen LogP contribution in [0.15, 0.2) is 48.5 Å². The summed E-state index contributed by atoms with van der Waals surface area (Å²) in [7, 11) is 0. The summed E-state index contributed by atoms with van der Waals surface area (Å²) in [5, 5.41) is 13.5.